The Hall–Kier alpha value is -1.04. The standard InChI is InChI=1S/C42H66O13/c1-20(2)14-22-17-50-42-18-41(19-51-42)23(29(42)21(22)3)8-9-27-39(6)12-11-28(38(4,5)26(39)10-13-40(27,41)7)54-37-34(49)35(31(46)25(16-44)53-37)55-36-33(48)32(47)30(45)24(15-43)52-36/h14,22-28,30-37,43-49H,8-13,15-19H2,1-7H3/t22-,23-,24-,25-,26+,27-,28+,30-,31-,32+,33-,34-,35+,36+,37+,39+,40-,41+,42-/m1/s1. The van der Waals surface area contributed by atoms with Crippen molar-refractivity contribution in [1.82, 2.24) is 0 Å². The molecule has 2 bridgehead atoms. The maximum atomic E-state index is 11.6. The van der Waals surface area contributed by atoms with Crippen molar-refractivity contribution in [2.75, 3.05) is 26.4 Å². The maximum Gasteiger partial charge on any atom is 0.191 e. The summed E-state index contributed by atoms with van der Waals surface area (Å²) in [6.07, 6.45) is -5.92. The first-order chi connectivity index (χ1) is 25.9. The smallest absolute Gasteiger partial charge is 0.191 e. The van der Waals surface area contributed by atoms with Crippen LogP contribution in [0.1, 0.15) is 93.4 Å². The van der Waals surface area contributed by atoms with Gasteiger partial charge in [0.05, 0.1) is 32.5 Å². The van der Waals surface area contributed by atoms with Gasteiger partial charge in [-0.3, -0.25) is 0 Å². The lowest BCUT2D eigenvalue weighted by atomic mass is 9.35. The molecule has 13 heteroatoms. The van der Waals surface area contributed by atoms with Crippen LogP contribution >= 0.6 is 0 Å². The molecule has 3 saturated heterocycles. The fourth-order valence-electron chi connectivity index (χ4n) is 13.9. The minimum absolute atomic E-state index is 0.0218. The van der Waals surface area contributed by atoms with Crippen molar-refractivity contribution >= 4 is 0 Å². The fourth-order valence-corrected chi connectivity index (χ4v) is 13.9. The van der Waals surface area contributed by atoms with Gasteiger partial charge >= 0.3 is 0 Å². The largest absolute Gasteiger partial charge is 0.394 e. The molecule has 312 valence electrons. The molecule has 55 heavy (non-hydrogen) atoms. The van der Waals surface area contributed by atoms with Crippen LogP contribution in [-0.4, -0.2) is 135 Å². The Bertz CT molecular complexity index is 1530. The first kappa shape index (κ1) is 40.7. The van der Waals surface area contributed by atoms with Crippen molar-refractivity contribution in [3.63, 3.8) is 0 Å². The third kappa shape index (κ3) is 5.80. The van der Waals surface area contributed by atoms with Gasteiger partial charge in [-0.2, -0.15) is 0 Å². The number of hydrogen-bond donors (Lipinski definition) is 7. The van der Waals surface area contributed by atoms with Crippen molar-refractivity contribution in [1.29, 1.82) is 0 Å². The number of fused-ring (bicyclic) bond motifs is 4. The molecule has 8 rings (SSSR count). The number of allylic oxidation sites excluding steroid dienone is 1. The molecule has 0 amide bonds. The monoisotopic (exact) mass is 778 g/mol. The Labute approximate surface area is 325 Å². The van der Waals surface area contributed by atoms with Gasteiger partial charge in [0.2, 0.25) is 0 Å². The summed E-state index contributed by atoms with van der Waals surface area (Å²) in [5.74, 6) is 0.946. The van der Waals surface area contributed by atoms with E-state index in [1.807, 2.05) is 0 Å². The molecule has 4 heterocycles. The molecule has 7 N–H and O–H groups in total. The van der Waals surface area contributed by atoms with E-state index < -0.39 is 80.4 Å². The van der Waals surface area contributed by atoms with Crippen molar-refractivity contribution in [2.45, 2.75) is 167 Å². The lowest BCUT2D eigenvalue weighted by molar-refractivity contribution is -0.370. The molecule has 0 unspecified atom stereocenters. The second-order valence-corrected chi connectivity index (χ2v) is 19.8. The molecule has 0 radical (unpaired) electrons. The zero-order chi connectivity index (χ0) is 39.6. The lowest BCUT2D eigenvalue weighted by Gasteiger charge is -2.70. The highest BCUT2D eigenvalue weighted by atomic mass is 16.7. The van der Waals surface area contributed by atoms with Crippen LogP contribution in [0.5, 0.6) is 0 Å². The van der Waals surface area contributed by atoms with Gasteiger partial charge in [0.15, 0.2) is 18.4 Å². The molecule has 8 aliphatic rings. The highest BCUT2D eigenvalue weighted by Crippen LogP contribution is 2.79. The third-order valence-corrected chi connectivity index (χ3v) is 16.7. The topological polar surface area (TPSA) is 197 Å². The van der Waals surface area contributed by atoms with Gasteiger partial charge in [-0.25, -0.2) is 0 Å². The Morgan fingerprint density at radius 3 is 2.11 bits per heavy atom. The van der Waals surface area contributed by atoms with E-state index in [2.05, 4.69) is 54.5 Å². The summed E-state index contributed by atoms with van der Waals surface area (Å²) in [7, 11) is 0. The number of ether oxygens (including phenoxy) is 6. The Morgan fingerprint density at radius 2 is 1.44 bits per heavy atom. The predicted molar refractivity (Wildman–Crippen MR) is 197 cm³/mol. The van der Waals surface area contributed by atoms with Crippen LogP contribution in [0.15, 0.2) is 22.8 Å². The summed E-state index contributed by atoms with van der Waals surface area (Å²) in [5, 5.41) is 73.7. The number of aliphatic hydroxyl groups is 7. The Balaban J connectivity index is 1.02. The van der Waals surface area contributed by atoms with Crippen LogP contribution in [0.25, 0.3) is 0 Å². The van der Waals surface area contributed by atoms with Crippen LogP contribution in [0, 0.1) is 45.3 Å². The average Bonchev–Trinajstić information content (AvgIpc) is 3.67. The van der Waals surface area contributed by atoms with E-state index in [0.29, 0.717) is 24.4 Å². The van der Waals surface area contributed by atoms with Crippen molar-refractivity contribution in [3.8, 4) is 0 Å². The summed E-state index contributed by atoms with van der Waals surface area (Å²) in [6.45, 7) is 16.4. The van der Waals surface area contributed by atoms with Crippen LogP contribution < -0.4 is 0 Å². The van der Waals surface area contributed by atoms with Crippen LogP contribution in [0.4, 0.5) is 0 Å². The fraction of sp³-hybridized carbons (Fsp3) is 0.905. The highest BCUT2D eigenvalue weighted by molar-refractivity contribution is 5.41. The minimum Gasteiger partial charge on any atom is -0.394 e. The van der Waals surface area contributed by atoms with E-state index in [9.17, 15) is 35.7 Å². The third-order valence-electron chi connectivity index (χ3n) is 16.7. The lowest BCUT2D eigenvalue weighted by Crippen LogP contribution is -2.67. The summed E-state index contributed by atoms with van der Waals surface area (Å²) < 4.78 is 37.6. The molecule has 2 spiro atoms. The van der Waals surface area contributed by atoms with Crippen molar-refractivity contribution in [2.24, 2.45) is 45.3 Å². The Kier molecular flexibility index (Phi) is 10.4. The second kappa shape index (κ2) is 14.0. The molecular weight excluding hydrogens is 712 g/mol. The van der Waals surface area contributed by atoms with Gasteiger partial charge in [0, 0.05) is 17.8 Å². The zero-order valence-electron chi connectivity index (χ0n) is 33.6. The molecule has 19 atom stereocenters. The molecule has 0 aromatic carbocycles. The van der Waals surface area contributed by atoms with Gasteiger partial charge < -0.3 is 64.2 Å². The van der Waals surface area contributed by atoms with E-state index >= 15 is 0 Å². The first-order valence-electron chi connectivity index (χ1n) is 20.8. The molecule has 0 aromatic rings. The highest BCUT2D eigenvalue weighted by Gasteiger charge is 2.77. The van der Waals surface area contributed by atoms with E-state index in [4.69, 9.17) is 28.4 Å². The second-order valence-electron chi connectivity index (χ2n) is 19.8. The van der Waals surface area contributed by atoms with Crippen LogP contribution in [-0.2, 0) is 28.4 Å². The van der Waals surface area contributed by atoms with Gasteiger partial charge in [0.25, 0.3) is 0 Å². The molecule has 4 aliphatic heterocycles. The predicted octanol–water partition coefficient (Wildman–Crippen LogP) is 2.31. The first-order valence-corrected chi connectivity index (χ1v) is 20.8. The molecule has 4 saturated carbocycles. The van der Waals surface area contributed by atoms with E-state index in [1.165, 1.54) is 16.7 Å². The van der Waals surface area contributed by atoms with Gasteiger partial charge in [0.1, 0.15) is 48.8 Å². The van der Waals surface area contributed by atoms with Crippen LogP contribution in [0.3, 0.4) is 0 Å². The van der Waals surface area contributed by atoms with Crippen molar-refractivity contribution in [3.05, 3.63) is 22.8 Å². The summed E-state index contributed by atoms with van der Waals surface area (Å²) in [5.41, 5.74) is 3.97. The summed E-state index contributed by atoms with van der Waals surface area (Å²) >= 11 is 0. The minimum atomic E-state index is -1.74. The number of rotatable bonds is 7. The van der Waals surface area contributed by atoms with Gasteiger partial charge in [-0.05, 0) is 98.9 Å². The van der Waals surface area contributed by atoms with E-state index in [1.54, 1.807) is 0 Å². The van der Waals surface area contributed by atoms with E-state index in [-0.39, 0.29) is 33.7 Å². The number of aliphatic hydroxyl groups excluding tert-OH is 7. The number of hydrogen-bond acceptors (Lipinski definition) is 13. The summed E-state index contributed by atoms with van der Waals surface area (Å²) in [4.78, 5) is 0. The SMILES string of the molecule is CC(C)=C[C@@H]1CO[C@]23C[C@]4(CO2)[C@H](CC[C@@H]2[C@@]5(C)CC[C@H](O[C@@H]6O[C@H](CO)[C@@H](O)[C@H](O[C@@H]7O[C@H](CO)[C@@H](O)[C@H](O)[C@H]7O)[C@H]6O)C(C)(C)[C@@H]5CC[C@]24C)C3=C1C. The normalized spacial score (nSPS) is 54.3. The van der Waals surface area contributed by atoms with Gasteiger partial charge in [-0.1, -0.05) is 44.9 Å². The zero-order valence-corrected chi connectivity index (χ0v) is 33.6. The summed E-state index contributed by atoms with van der Waals surface area (Å²) in [6, 6.07) is 0. The Morgan fingerprint density at radius 1 is 0.764 bits per heavy atom. The quantitative estimate of drug-likeness (QED) is 0.147. The van der Waals surface area contributed by atoms with Crippen molar-refractivity contribution < 1.29 is 64.2 Å². The molecule has 13 nitrogen and oxygen atoms in total. The van der Waals surface area contributed by atoms with E-state index in [0.717, 1.165) is 51.6 Å². The average molecular weight is 779 g/mol. The molecule has 0 aromatic heterocycles. The molecular formula is C42H66O13. The van der Waals surface area contributed by atoms with Crippen LogP contribution in [0.2, 0.25) is 0 Å². The van der Waals surface area contributed by atoms with Gasteiger partial charge in [-0.15, -0.1) is 0 Å². The molecule has 7 fully saturated rings. The maximum absolute atomic E-state index is 11.6. The molecule has 4 aliphatic carbocycles.